The van der Waals surface area contributed by atoms with Crippen molar-refractivity contribution >= 4 is 15.7 Å². The molecule has 0 unspecified atom stereocenters. The summed E-state index contributed by atoms with van der Waals surface area (Å²) in [4.78, 5) is 11.0. The lowest BCUT2D eigenvalue weighted by Gasteiger charge is -2.09. The molecule has 0 heterocycles. The Labute approximate surface area is 128 Å². The van der Waals surface area contributed by atoms with Gasteiger partial charge in [0.15, 0.2) is 0 Å². The van der Waals surface area contributed by atoms with Crippen LogP contribution in [0.15, 0.2) is 29.2 Å². The molecule has 0 radical (unpaired) electrons. The summed E-state index contributed by atoms with van der Waals surface area (Å²) in [7, 11) is -4.75. The number of carbonyl (C=O) groups excluding carboxylic acids is 1. The van der Waals surface area contributed by atoms with Crippen molar-refractivity contribution in [2.75, 3.05) is 19.8 Å². The molecular formula is C12H12F5NO4S. The van der Waals surface area contributed by atoms with Crippen LogP contribution < -0.4 is 5.32 Å². The van der Waals surface area contributed by atoms with Crippen LogP contribution >= 0.6 is 0 Å². The molecule has 0 aliphatic rings. The molecule has 0 bridgehead atoms. The third kappa shape index (κ3) is 6.10. The number of alkyl halides is 5. The van der Waals surface area contributed by atoms with E-state index in [1.165, 1.54) is 0 Å². The van der Waals surface area contributed by atoms with Gasteiger partial charge < -0.3 is 10.1 Å². The fourth-order valence-electron chi connectivity index (χ4n) is 1.43. The van der Waals surface area contributed by atoms with E-state index in [4.69, 9.17) is 0 Å². The molecule has 0 saturated carbocycles. The highest BCUT2D eigenvalue weighted by Crippen LogP contribution is 2.18. The summed E-state index contributed by atoms with van der Waals surface area (Å²) in [6.07, 6.45) is -4.46. The van der Waals surface area contributed by atoms with E-state index in [1.54, 1.807) is 0 Å². The zero-order chi connectivity index (χ0) is 17.7. The van der Waals surface area contributed by atoms with Crippen molar-refractivity contribution in [2.45, 2.75) is 16.8 Å². The summed E-state index contributed by atoms with van der Waals surface area (Å²) in [5.74, 6) is -4.28. The van der Waals surface area contributed by atoms with Crippen LogP contribution in [0.5, 0.6) is 0 Å². The number of benzene rings is 1. The largest absolute Gasteiger partial charge is 0.411 e. The molecule has 1 aromatic rings. The van der Waals surface area contributed by atoms with Crippen molar-refractivity contribution in [1.29, 1.82) is 0 Å². The zero-order valence-corrected chi connectivity index (χ0v) is 12.3. The molecule has 23 heavy (non-hydrogen) atoms. The summed E-state index contributed by atoms with van der Waals surface area (Å²) in [5.41, 5.74) is -0.0333. The van der Waals surface area contributed by atoms with Crippen LogP contribution in [0.1, 0.15) is 10.4 Å². The minimum atomic E-state index is -4.75. The summed E-state index contributed by atoms with van der Waals surface area (Å²) in [6, 6.07) is 3.72. The second-order valence-corrected chi connectivity index (χ2v) is 6.17. The zero-order valence-electron chi connectivity index (χ0n) is 11.4. The van der Waals surface area contributed by atoms with Crippen molar-refractivity contribution < 1.29 is 39.9 Å². The molecule has 1 rings (SSSR count). The van der Waals surface area contributed by atoms with Gasteiger partial charge in [0.1, 0.15) is 6.61 Å². The first kappa shape index (κ1) is 19.3. The van der Waals surface area contributed by atoms with E-state index in [0.29, 0.717) is 0 Å². The van der Waals surface area contributed by atoms with Gasteiger partial charge in [0.05, 0.1) is 11.5 Å². The minimum absolute atomic E-state index is 0.0333. The standard InChI is InChI=1S/C12H12F5NO4S/c13-11(14)23(20,21)9-3-1-8(2-4-9)10(19)18-5-6-22-7-12(15,16)17/h1-4,11H,5-7H2,(H,18,19). The van der Waals surface area contributed by atoms with Crippen molar-refractivity contribution in [3.8, 4) is 0 Å². The van der Waals surface area contributed by atoms with Gasteiger partial charge in [0.2, 0.25) is 9.84 Å². The number of hydrogen-bond donors (Lipinski definition) is 1. The van der Waals surface area contributed by atoms with Gasteiger partial charge in [-0.1, -0.05) is 0 Å². The van der Waals surface area contributed by atoms with Crippen molar-refractivity contribution in [2.24, 2.45) is 0 Å². The van der Waals surface area contributed by atoms with Crippen molar-refractivity contribution in [1.82, 2.24) is 5.32 Å². The molecule has 5 nitrogen and oxygen atoms in total. The summed E-state index contributed by atoms with van der Waals surface area (Å²) >= 11 is 0. The van der Waals surface area contributed by atoms with Crippen LogP contribution in [0.25, 0.3) is 0 Å². The smallest absolute Gasteiger partial charge is 0.370 e. The summed E-state index contributed by atoms with van der Waals surface area (Å²) < 4.78 is 86.6. The number of halogens is 5. The fourth-order valence-corrected chi connectivity index (χ4v) is 2.15. The average Bonchev–Trinajstić information content (AvgIpc) is 2.45. The Morgan fingerprint density at radius 1 is 1.17 bits per heavy atom. The second kappa shape index (κ2) is 7.68. The molecule has 0 saturated heterocycles. The molecule has 11 heteroatoms. The molecule has 0 atom stereocenters. The van der Waals surface area contributed by atoms with Crippen LogP contribution in [0.3, 0.4) is 0 Å². The number of ether oxygens (including phenoxy) is 1. The number of rotatable bonds is 7. The Morgan fingerprint density at radius 2 is 1.74 bits per heavy atom. The van der Waals surface area contributed by atoms with Crippen LogP contribution in [-0.2, 0) is 14.6 Å². The van der Waals surface area contributed by atoms with Gasteiger partial charge in [-0.2, -0.15) is 22.0 Å². The highest BCUT2D eigenvalue weighted by molar-refractivity contribution is 7.91. The lowest BCUT2D eigenvalue weighted by atomic mass is 10.2. The Balaban J connectivity index is 2.52. The Bertz CT molecular complexity index is 628. The quantitative estimate of drug-likeness (QED) is 0.596. The third-order valence-electron chi connectivity index (χ3n) is 2.48. The first-order chi connectivity index (χ1) is 10.5. The van der Waals surface area contributed by atoms with Gasteiger partial charge in [-0.05, 0) is 24.3 Å². The maximum Gasteiger partial charge on any atom is 0.411 e. The Kier molecular flexibility index (Phi) is 6.45. The number of hydrogen-bond acceptors (Lipinski definition) is 4. The van der Waals surface area contributed by atoms with Gasteiger partial charge in [-0.3, -0.25) is 4.79 Å². The van der Waals surface area contributed by atoms with E-state index in [9.17, 15) is 35.2 Å². The predicted molar refractivity (Wildman–Crippen MR) is 68.8 cm³/mol. The maximum absolute atomic E-state index is 12.3. The molecule has 0 spiro atoms. The molecule has 0 aliphatic carbocycles. The number of sulfone groups is 1. The minimum Gasteiger partial charge on any atom is -0.370 e. The van der Waals surface area contributed by atoms with Gasteiger partial charge >= 0.3 is 11.9 Å². The van der Waals surface area contributed by atoms with Crippen molar-refractivity contribution in [3.63, 3.8) is 0 Å². The lowest BCUT2D eigenvalue weighted by Crippen LogP contribution is -2.28. The fraction of sp³-hybridized carbons (Fsp3) is 0.417. The number of amides is 1. The highest BCUT2D eigenvalue weighted by Gasteiger charge is 2.27. The molecule has 1 N–H and O–H groups in total. The van der Waals surface area contributed by atoms with E-state index in [1.807, 2.05) is 0 Å². The van der Waals surface area contributed by atoms with Crippen LogP contribution in [0, 0.1) is 0 Å². The highest BCUT2D eigenvalue weighted by atomic mass is 32.2. The van der Waals surface area contributed by atoms with Gasteiger partial charge in [0, 0.05) is 12.1 Å². The van der Waals surface area contributed by atoms with Gasteiger partial charge in [-0.15, -0.1) is 0 Å². The summed E-state index contributed by atoms with van der Waals surface area (Å²) in [5, 5.41) is 2.24. The monoisotopic (exact) mass is 361 g/mol. The van der Waals surface area contributed by atoms with Crippen LogP contribution in [-0.4, -0.2) is 46.0 Å². The number of nitrogens with one attached hydrogen (secondary N) is 1. The summed E-state index contributed by atoms with van der Waals surface area (Å²) in [6.45, 7) is -2.02. The molecule has 0 aliphatic heterocycles. The first-order valence-electron chi connectivity index (χ1n) is 6.09. The SMILES string of the molecule is O=C(NCCOCC(F)(F)F)c1ccc(S(=O)(=O)C(F)F)cc1. The Hall–Kier alpha value is -1.75. The van der Waals surface area contributed by atoms with Crippen LogP contribution in [0.2, 0.25) is 0 Å². The molecule has 1 aromatic carbocycles. The molecule has 0 aromatic heterocycles. The van der Waals surface area contributed by atoms with E-state index in [-0.39, 0.29) is 18.7 Å². The molecular weight excluding hydrogens is 349 g/mol. The second-order valence-electron chi connectivity index (χ2n) is 4.25. The van der Waals surface area contributed by atoms with Crippen LogP contribution in [0.4, 0.5) is 22.0 Å². The molecule has 130 valence electrons. The number of carbonyl (C=O) groups is 1. The lowest BCUT2D eigenvalue weighted by molar-refractivity contribution is -0.173. The maximum atomic E-state index is 12.3. The molecule has 0 fully saturated rings. The van der Waals surface area contributed by atoms with E-state index in [0.717, 1.165) is 24.3 Å². The topological polar surface area (TPSA) is 72.5 Å². The molecule has 1 amide bonds. The van der Waals surface area contributed by atoms with E-state index in [2.05, 4.69) is 10.1 Å². The van der Waals surface area contributed by atoms with Gasteiger partial charge in [-0.25, -0.2) is 8.42 Å². The van der Waals surface area contributed by atoms with Crippen molar-refractivity contribution in [3.05, 3.63) is 29.8 Å². The normalized spacial score (nSPS) is 12.4. The Morgan fingerprint density at radius 3 is 2.22 bits per heavy atom. The van der Waals surface area contributed by atoms with E-state index >= 15 is 0 Å². The van der Waals surface area contributed by atoms with Gasteiger partial charge in [0.25, 0.3) is 5.91 Å². The third-order valence-corrected chi connectivity index (χ3v) is 3.88. The predicted octanol–water partition coefficient (Wildman–Crippen LogP) is 1.99. The first-order valence-corrected chi connectivity index (χ1v) is 7.63. The average molecular weight is 361 g/mol. The van der Waals surface area contributed by atoms with E-state index < -0.39 is 39.2 Å².